The van der Waals surface area contributed by atoms with E-state index in [4.69, 9.17) is 9.47 Å². The number of nitrogens with zero attached hydrogens (tertiary/aromatic N) is 3. The Morgan fingerprint density at radius 1 is 1.21 bits per heavy atom. The fraction of sp³-hybridized carbons (Fsp3) is 0.560. The molecule has 4 rings (SSSR count). The van der Waals surface area contributed by atoms with Crippen molar-refractivity contribution in [1.29, 1.82) is 0 Å². The number of ketones is 1. The predicted molar refractivity (Wildman–Crippen MR) is 121 cm³/mol. The molecule has 0 N–H and O–H groups in total. The fourth-order valence-corrected chi connectivity index (χ4v) is 4.25. The van der Waals surface area contributed by atoms with E-state index in [9.17, 15) is 18.0 Å². The normalized spacial score (nSPS) is 19.6. The SMILES string of the molecule is CC(C(=O)CC1CCC1)c1ccc(O[C@@H]2CCN(c3ncnc(OCC(C)(F)F)c3F)C2)cc1. The van der Waals surface area contributed by atoms with Crippen molar-refractivity contribution in [3.8, 4) is 11.6 Å². The molecule has 1 aromatic heterocycles. The standard InChI is InChI=1S/C25H30F3N3O3/c1-16(21(32)12-17-4-3-5-17)18-6-8-19(9-7-18)34-20-10-11-31(13-20)23-22(26)24(30-15-29-23)33-14-25(2,27)28/h6-9,15-17,20H,3-5,10-14H2,1-2H3/t16?,20-/m1/s1. The van der Waals surface area contributed by atoms with Gasteiger partial charge < -0.3 is 14.4 Å². The number of Topliss-reactive ketones (excluding diaryl/α,β-unsaturated/α-hetero) is 1. The minimum absolute atomic E-state index is 0.00432. The molecule has 0 amide bonds. The highest BCUT2D eigenvalue weighted by atomic mass is 19.3. The number of hydrogen-bond donors (Lipinski definition) is 0. The summed E-state index contributed by atoms with van der Waals surface area (Å²) in [6.45, 7) is 2.55. The molecule has 0 spiro atoms. The molecule has 2 fully saturated rings. The number of anilines is 1. The topological polar surface area (TPSA) is 64.5 Å². The van der Waals surface area contributed by atoms with Gasteiger partial charge in [0.05, 0.1) is 6.54 Å². The van der Waals surface area contributed by atoms with Crippen molar-refractivity contribution in [2.24, 2.45) is 5.92 Å². The molecule has 9 heteroatoms. The van der Waals surface area contributed by atoms with Gasteiger partial charge in [0.25, 0.3) is 11.8 Å². The van der Waals surface area contributed by atoms with Crippen LogP contribution >= 0.6 is 0 Å². The third kappa shape index (κ3) is 5.98. The zero-order valence-electron chi connectivity index (χ0n) is 19.5. The number of carbonyl (C=O) groups is 1. The quantitative estimate of drug-likeness (QED) is 0.471. The first-order chi connectivity index (χ1) is 16.2. The number of rotatable bonds is 10. The number of carbonyl (C=O) groups excluding carboxylic acids is 1. The summed E-state index contributed by atoms with van der Waals surface area (Å²) in [5.74, 6) is -3.08. The third-order valence-corrected chi connectivity index (χ3v) is 6.53. The lowest BCUT2D eigenvalue weighted by Gasteiger charge is -2.25. The molecule has 1 unspecified atom stereocenters. The van der Waals surface area contributed by atoms with Crippen molar-refractivity contribution in [1.82, 2.24) is 9.97 Å². The van der Waals surface area contributed by atoms with Gasteiger partial charge in [0.2, 0.25) is 5.82 Å². The molecule has 0 bridgehead atoms. The van der Waals surface area contributed by atoms with Gasteiger partial charge in [0.15, 0.2) is 12.4 Å². The van der Waals surface area contributed by atoms with Crippen LogP contribution in [0.1, 0.15) is 57.4 Å². The van der Waals surface area contributed by atoms with Crippen LogP contribution < -0.4 is 14.4 Å². The molecule has 34 heavy (non-hydrogen) atoms. The minimum atomic E-state index is -3.10. The van der Waals surface area contributed by atoms with E-state index in [1.54, 1.807) is 4.90 Å². The first-order valence-electron chi connectivity index (χ1n) is 11.7. The molecule has 2 aromatic rings. The zero-order valence-corrected chi connectivity index (χ0v) is 19.5. The number of benzene rings is 1. The van der Waals surface area contributed by atoms with Gasteiger partial charge in [0, 0.05) is 32.2 Å². The van der Waals surface area contributed by atoms with Gasteiger partial charge in [-0.3, -0.25) is 4.79 Å². The van der Waals surface area contributed by atoms with E-state index in [0.717, 1.165) is 24.7 Å². The summed E-state index contributed by atoms with van der Waals surface area (Å²) in [5.41, 5.74) is 0.970. The van der Waals surface area contributed by atoms with Crippen molar-refractivity contribution < 1.29 is 27.4 Å². The number of hydrogen-bond acceptors (Lipinski definition) is 6. The lowest BCUT2D eigenvalue weighted by atomic mass is 9.79. The summed E-state index contributed by atoms with van der Waals surface area (Å²) < 4.78 is 51.7. The van der Waals surface area contributed by atoms with E-state index in [1.165, 1.54) is 6.42 Å². The Balaban J connectivity index is 1.32. The van der Waals surface area contributed by atoms with Crippen molar-refractivity contribution >= 4 is 11.6 Å². The van der Waals surface area contributed by atoms with Gasteiger partial charge in [-0.15, -0.1) is 0 Å². The summed E-state index contributed by atoms with van der Waals surface area (Å²) in [6, 6.07) is 7.55. The number of alkyl halides is 2. The zero-order chi connectivity index (χ0) is 24.3. The third-order valence-electron chi connectivity index (χ3n) is 6.53. The second kappa shape index (κ2) is 10.2. The van der Waals surface area contributed by atoms with Crippen LogP contribution in [0.15, 0.2) is 30.6 Å². The highest BCUT2D eigenvalue weighted by Crippen LogP contribution is 2.33. The van der Waals surface area contributed by atoms with Crippen molar-refractivity contribution in [2.75, 3.05) is 24.6 Å². The summed E-state index contributed by atoms with van der Waals surface area (Å²) in [5, 5.41) is 0. The first kappa shape index (κ1) is 24.3. The van der Waals surface area contributed by atoms with E-state index in [0.29, 0.717) is 44.5 Å². The van der Waals surface area contributed by atoms with Gasteiger partial charge in [-0.05, 0) is 23.6 Å². The Kier molecular flexibility index (Phi) is 7.28. The molecule has 0 radical (unpaired) electrons. The van der Waals surface area contributed by atoms with E-state index in [-0.39, 0.29) is 23.6 Å². The van der Waals surface area contributed by atoms with Crippen molar-refractivity contribution in [3.05, 3.63) is 42.0 Å². The highest BCUT2D eigenvalue weighted by Gasteiger charge is 2.30. The van der Waals surface area contributed by atoms with E-state index in [2.05, 4.69) is 9.97 Å². The van der Waals surface area contributed by atoms with Gasteiger partial charge in [-0.25, -0.2) is 13.8 Å². The molecule has 6 nitrogen and oxygen atoms in total. The average molecular weight is 478 g/mol. The maximum atomic E-state index is 14.7. The summed E-state index contributed by atoms with van der Waals surface area (Å²) >= 11 is 0. The van der Waals surface area contributed by atoms with Crippen LogP contribution in [0.25, 0.3) is 0 Å². The van der Waals surface area contributed by atoms with Crippen LogP contribution in [-0.2, 0) is 4.79 Å². The number of ether oxygens (including phenoxy) is 2. The van der Waals surface area contributed by atoms with E-state index < -0.39 is 24.2 Å². The molecule has 2 aliphatic rings. The lowest BCUT2D eigenvalue weighted by Crippen LogP contribution is -2.27. The van der Waals surface area contributed by atoms with Gasteiger partial charge >= 0.3 is 0 Å². The molecule has 1 aliphatic carbocycles. The minimum Gasteiger partial charge on any atom is -0.489 e. The summed E-state index contributed by atoms with van der Waals surface area (Å²) in [7, 11) is 0. The van der Waals surface area contributed by atoms with E-state index in [1.807, 2.05) is 31.2 Å². The van der Waals surface area contributed by atoms with Gasteiger partial charge in [-0.1, -0.05) is 38.3 Å². The number of aromatic nitrogens is 2. The largest absolute Gasteiger partial charge is 0.489 e. The maximum Gasteiger partial charge on any atom is 0.278 e. The molecule has 1 aromatic carbocycles. The van der Waals surface area contributed by atoms with Crippen LogP contribution in [0, 0.1) is 11.7 Å². The Hall–Kier alpha value is -2.84. The Morgan fingerprint density at radius 3 is 2.59 bits per heavy atom. The second-order valence-electron chi connectivity index (χ2n) is 9.41. The molecule has 1 aliphatic heterocycles. The van der Waals surface area contributed by atoms with Crippen molar-refractivity contribution in [3.63, 3.8) is 0 Å². The van der Waals surface area contributed by atoms with Crippen LogP contribution in [-0.4, -0.2) is 47.5 Å². The Labute approximate surface area is 197 Å². The lowest BCUT2D eigenvalue weighted by molar-refractivity contribution is -0.121. The van der Waals surface area contributed by atoms with Crippen LogP contribution in [0.5, 0.6) is 11.6 Å². The smallest absolute Gasteiger partial charge is 0.278 e. The summed E-state index contributed by atoms with van der Waals surface area (Å²) in [4.78, 5) is 21.8. The molecule has 1 saturated carbocycles. The fourth-order valence-electron chi connectivity index (χ4n) is 4.25. The predicted octanol–water partition coefficient (Wildman–Crippen LogP) is 5.17. The highest BCUT2D eigenvalue weighted by molar-refractivity contribution is 5.85. The van der Waals surface area contributed by atoms with Crippen LogP contribution in [0.2, 0.25) is 0 Å². The monoisotopic (exact) mass is 477 g/mol. The molecule has 1 saturated heterocycles. The molecular weight excluding hydrogens is 447 g/mol. The Bertz CT molecular complexity index is 993. The van der Waals surface area contributed by atoms with Crippen LogP contribution in [0.4, 0.5) is 19.0 Å². The molecule has 2 heterocycles. The Morgan fingerprint density at radius 2 is 1.94 bits per heavy atom. The summed E-state index contributed by atoms with van der Waals surface area (Å²) in [6.07, 6.45) is 5.75. The maximum absolute atomic E-state index is 14.7. The average Bonchev–Trinajstić information content (AvgIpc) is 3.23. The number of halogens is 3. The second-order valence-corrected chi connectivity index (χ2v) is 9.41. The van der Waals surface area contributed by atoms with Crippen LogP contribution in [0.3, 0.4) is 0 Å². The first-order valence-corrected chi connectivity index (χ1v) is 11.7. The van der Waals surface area contributed by atoms with Gasteiger partial charge in [0.1, 0.15) is 24.0 Å². The molecule has 2 atom stereocenters. The molecular formula is C25H30F3N3O3. The molecule has 184 valence electrons. The van der Waals surface area contributed by atoms with E-state index >= 15 is 0 Å². The van der Waals surface area contributed by atoms with Gasteiger partial charge in [-0.2, -0.15) is 9.37 Å². The van der Waals surface area contributed by atoms with Crippen molar-refractivity contribution in [2.45, 2.75) is 63.9 Å².